The van der Waals surface area contributed by atoms with Crippen molar-refractivity contribution in [1.82, 2.24) is 5.32 Å². The zero-order valence-corrected chi connectivity index (χ0v) is 13.4. The first-order chi connectivity index (χ1) is 9.78. The maximum Gasteiger partial charge on any atom is 0.0456 e. The van der Waals surface area contributed by atoms with Crippen LogP contribution in [0.2, 0.25) is 5.02 Å². The highest BCUT2D eigenvalue weighted by molar-refractivity contribution is 7.12. The van der Waals surface area contributed by atoms with Gasteiger partial charge >= 0.3 is 0 Å². The number of halogens is 1. The molecule has 20 heavy (non-hydrogen) atoms. The lowest BCUT2D eigenvalue weighted by Gasteiger charge is -2.17. The number of fused-ring (bicyclic) bond motifs is 1. The summed E-state index contributed by atoms with van der Waals surface area (Å²) in [5.74, 6) is 0. The van der Waals surface area contributed by atoms with Crippen molar-refractivity contribution in [1.29, 1.82) is 0 Å². The minimum absolute atomic E-state index is 0.385. The van der Waals surface area contributed by atoms with Crippen molar-refractivity contribution in [3.05, 3.63) is 56.2 Å². The third kappa shape index (κ3) is 2.93. The second kappa shape index (κ2) is 6.30. The lowest BCUT2D eigenvalue weighted by Crippen LogP contribution is -2.22. The van der Waals surface area contributed by atoms with Gasteiger partial charge in [-0.1, -0.05) is 36.7 Å². The van der Waals surface area contributed by atoms with Gasteiger partial charge in [-0.15, -0.1) is 11.3 Å². The van der Waals surface area contributed by atoms with Crippen LogP contribution in [0.1, 0.15) is 40.3 Å². The van der Waals surface area contributed by atoms with Crippen molar-refractivity contribution in [2.45, 2.75) is 38.6 Å². The van der Waals surface area contributed by atoms with Crippen LogP contribution in [0.25, 0.3) is 0 Å². The number of nitrogens with one attached hydrogen (secondary N) is 1. The van der Waals surface area contributed by atoms with Gasteiger partial charge in [-0.25, -0.2) is 0 Å². The average Bonchev–Trinajstić information content (AvgIpc) is 3.01. The standard InChI is InChI=1S/C17H20ClNS/c1-2-19-15(10-12-6-3-4-8-14(12)18)17-11-13-7-5-9-16(13)20-17/h3-4,6,8,11,15,19H,2,5,7,9-10H2,1H3. The fraction of sp³-hybridized carbons (Fsp3) is 0.412. The van der Waals surface area contributed by atoms with Gasteiger partial charge in [0.25, 0.3) is 0 Å². The summed E-state index contributed by atoms with van der Waals surface area (Å²) in [7, 11) is 0. The number of likely N-dealkylation sites (N-methyl/N-ethyl adjacent to an activating group) is 1. The second-order valence-corrected chi connectivity index (χ2v) is 6.93. The molecule has 1 heterocycles. The molecule has 106 valence electrons. The van der Waals surface area contributed by atoms with E-state index in [1.165, 1.54) is 29.7 Å². The Morgan fingerprint density at radius 2 is 2.15 bits per heavy atom. The van der Waals surface area contributed by atoms with E-state index in [-0.39, 0.29) is 0 Å². The molecule has 1 aromatic carbocycles. The molecule has 1 atom stereocenters. The minimum Gasteiger partial charge on any atom is -0.309 e. The molecule has 1 nitrogen and oxygen atoms in total. The summed E-state index contributed by atoms with van der Waals surface area (Å²) in [4.78, 5) is 3.07. The van der Waals surface area contributed by atoms with Gasteiger partial charge in [0.05, 0.1) is 0 Å². The van der Waals surface area contributed by atoms with Crippen LogP contribution in [0.3, 0.4) is 0 Å². The molecule has 0 aliphatic heterocycles. The van der Waals surface area contributed by atoms with E-state index in [9.17, 15) is 0 Å². The van der Waals surface area contributed by atoms with Crippen molar-refractivity contribution in [3.63, 3.8) is 0 Å². The number of benzene rings is 1. The van der Waals surface area contributed by atoms with E-state index >= 15 is 0 Å². The molecule has 1 N–H and O–H groups in total. The van der Waals surface area contributed by atoms with E-state index in [4.69, 9.17) is 11.6 Å². The molecule has 1 aliphatic rings. The Labute approximate surface area is 130 Å². The zero-order chi connectivity index (χ0) is 13.9. The Hall–Kier alpha value is -0.830. The maximum absolute atomic E-state index is 6.31. The highest BCUT2D eigenvalue weighted by Gasteiger charge is 2.20. The van der Waals surface area contributed by atoms with Crippen molar-refractivity contribution in [3.8, 4) is 0 Å². The van der Waals surface area contributed by atoms with Crippen LogP contribution in [0.5, 0.6) is 0 Å². The zero-order valence-electron chi connectivity index (χ0n) is 11.8. The molecule has 0 bridgehead atoms. The number of aryl methyl sites for hydroxylation is 2. The largest absolute Gasteiger partial charge is 0.309 e. The van der Waals surface area contributed by atoms with E-state index in [2.05, 4.69) is 30.4 Å². The molecule has 3 heteroatoms. The highest BCUT2D eigenvalue weighted by atomic mass is 35.5. The third-order valence-electron chi connectivity index (χ3n) is 3.94. The number of hydrogen-bond donors (Lipinski definition) is 1. The molecule has 1 unspecified atom stereocenters. The summed E-state index contributed by atoms with van der Waals surface area (Å²) in [6.45, 7) is 3.15. The molecule has 0 fully saturated rings. The summed E-state index contributed by atoms with van der Waals surface area (Å²) < 4.78 is 0. The van der Waals surface area contributed by atoms with Crippen molar-refractivity contribution in [2.24, 2.45) is 0 Å². The van der Waals surface area contributed by atoms with E-state index in [0.29, 0.717) is 6.04 Å². The topological polar surface area (TPSA) is 12.0 Å². The quantitative estimate of drug-likeness (QED) is 0.838. The molecule has 0 saturated carbocycles. The number of rotatable bonds is 5. The number of thiophene rings is 1. The predicted molar refractivity (Wildman–Crippen MR) is 87.9 cm³/mol. The summed E-state index contributed by atoms with van der Waals surface area (Å²) in [5, 5.41) is 4.49. The van der Waals surface area contributed by atoms with Gasteiger partial charge in [-0.3, -0.25) is 0 Å². The Kier molecular flexibility index (Phi) is 4.45. The summed E-state index contributed by atoms with van der Waals surface area (Å²) in [6, 6.07) is 11.0. The Morgan fingerprint density at radius 3 is 2.90 bits per heavy atom. The Bertz CT molecular complexity index is 569. The lowest BCUT2D eigenvalue weighted by molar-refractivity contribution is 0.558. The van der Waals surface area contributed by atoms with Gasteiger partial charge in [0.15, 0.2) is 0 Å². The molecule has 1 aromatic heterocycles. The molecule has 1 aliphatic carbocycles. The molecule has 2 aromatic rings. The van der Waals surface area contributed by atoms with Crippen LogP contribution in [0.15, 0.2) is 30.3 Å². The summed E-state index contributed by atoms with van der Waals surface area (Å²) in [5.41, 5.74) is 2.81. The summed E-state index contributed by atoms with van der Waals surface area (Å²) in [6.07, 6.45) is 4.83. The molecule has 3 rings (SSSR count). The highest BCUT2D eigenvalue weighted by Crippen LogP contribution is 2.35. The van der Waals surface area contributed by atoms with Gasteiger partial charge in [-0.2, -0.15) is 0 Å². The summed E-state index contributed by atoms with van der Waals surface area (Å²) >= 11 is 8.30. The fourth-order valence-electron chi connectivity index (χ4n) is 2.93. The van der Waals surface area contributed by atoms with E-state index < -0.39 is 0 Å². The first kappa shape index (κ1) is 14.1. The van der Waals surface area contributed by atoms with E-state index in [0.717, 1.165) is 18.0 Å². The van der Waals surface area contributed by atoms with Gasteiger partial charge < -0.3 is 5.32 Å². The molecule has 0 amide bonds. The maximum atomic E-state index is 6.31. The van der Waals surface area contributed by atoms with Crippen LogP contribution in [-0.4, -0.2) is 6.54 Å². The first-order valence-electron chi connectivity index (χ1n) is 7.36. The Balaban J connectivity index is 1.83. The van der Waals surface area contributed by atoms with Gasteiger partial charge in [0.1, 0.15) is 0 Å². The van der Waals surface area contributed by atoms with Crippen molar-refractivity contribution in [2.75, 3.05) is 6.54 Å². The minimum atomic E-state index is 0.385. The third-order valence-corrected chi connectivity index (χ3v) is 5.66. The van der Waals surface area contributed by atoms with Crippen molar-refractivity contribution < 1.29 is 0 Å². The fourth-order valence-corrected chi connectivity index (χ4v) is 4.47. The predicted octanol–water partition coefficient (Wildman–Crippen LogP) is 4.78. The average molecular weight is 306 g/mol. The second-order valence-electron chi connectivity index (χ2n) is 5.36. The smallest absolute Gasteiger partial charge is 0.0456 e. The van der Waals surface area contributed by atoms with Crippen LogP contribution in [0, 0.1) is 0 Å². The Morgan fingerprint density at radius 1 is 1.30 bits per heavy atom. The SMILES string of the molecule is CCNC(Cc1ccccc1Cl)c1cc2c(s1)CCC2. The number of hydrogen-bond acceptors (Lipinski definition) is 2. The van der Waals surface area contributed by atoms with Crippen LogP contribution >= 0.6 is 22.9 Å². The van der Waals surface area contributed by atoms with Gasteiger partial charge in [0, 0.05) is 20.8 Å². The molecule has 0 saturated heterocycles. The molecular formula is C17H20ClNS. The van der Waals surface area contributed by atoms with Gasteiger partial charge in [0.2, 0.25) is 0 Å². The normalized spacial score (nSPS) is 15.3. The first-order valence-corrected chi connectivity index (χ1v) is 8.55. The monoisotopic (exact) mass is 305 g/mol. The lowest BCUT2D eigenvalue weighted by atomic mass is 10.0. The van der Waals surface area contributed by atoms with Crippen LogP contribution in [-0.2, 0) is 19.3 Å². The van der Waals surface area contributed by atoms with Crippen LogP contribution in [0.4, 0.5) is 0 Å². The van der Waals surface area contributed by atoms with E-state index in [1.54, 1.807) is 10.4 Å². The van der Waals surface area contributed by atoms with Crippen molar-refractivity contribution >= 4 is 22.9 Å². The van der Waals surface area contributed by atoms with Gasteiger partial charge in [-0.05, 0) is 55.5 Å². The van der Waals surface area contributed by atoms with E-state index in [1.807, 2.05) is 23.5 Å². The molecule has 0 spiro atoms. The van der Waals surface area contributed by atoms with Crippen LogP contribution < -0.4 is 5.32 Å². The molecular weight excluding hydrogens is 286 g/mol. The molecule has 0 radical (unpaired) electrons.